The molecule has 1 rings (SSSR count). The maximum absolute atomic E-state index is 5.36. The van der Waals surface area contributed by atoms with Crippen LogP contribution in [0.5, 0.6) is 0 Å². The molecule has 0 aromatic carbocycles. The molecule has 4 heteroatoms. The number of nitrogens with one attached hydrogen (secondary N) is 1. The molecular formula is C16H29N3O. The molecule has 0 fully saturated rings. The Morgan fingerprint density at radius 3 is 2.30 bits per heavy atom. The molecule has 0 saturated heterocycles. The number of aryl methyl sites for hydroxylation is 2. The van der Waals surface area contributed by atoms with Crippen LogP contribution in [0.3, 0.4) is 0 Å². The maximum Gasteiger partial charge on any atom is 0.131 e. The molecule has 0 spiro atoms. The third-order valence-corrected chi connectivity index (χ3v) is 3.25. The van der Waals surface area contributed by atoms with Crippen molar-refractivity contribution in [3.05, 3.63) is 22.8 Å². The van der Waals surface area contributed by atoms with Gasteiger partial charge in [-0.2, -0.15) is 0 Å². The van der Waals surface area contributed by atoms with Gasteiger partial charge in [0, 0.05) is 24.4 Å². The van der Waals surface area contributed by atoms with E-state index >= 15 is 0 Å². The van der Waals surface area contributed by atoms with Crippen LogP contribution in [-0.4, -0.2) is 36.3 Å². The summed E-state index contributed by atoms with van der Waals surface area (Å²) in [5.74, 6) is 1.58. The van der Waals surface area contributed by atoms with Gasteiger partial charge in [0.1, 0.15) is 5.82 Å². The number of hydrogen-bond donors (Lipinski definition) is 1. The quantitative estimate of drug-likeness (QED) is 0.705. The molecule has 0 unspecified atom stereocenters. The maximum atomic E-state index is 5.36. The van der Waals surface area contributed by atoms with Gasteiger partial charge in [-0.3, -0.25) is 0 Å². The molecular weight excluding hydrogens is 250 g/mol. The Hall–Kier alpha value is -1.00. The van der Waals surface area contributed by atoms with Crippen LogP contribution in [0.25, 0.3) is 0 Å². The molecule has 0 bridgehead atoms. The van der Waals surface area contributed by atoms with E-state index in [0.29, 0.717) is 12.5 Å². The van der Waals surface area contributed by atoms with Crippen molar-refractivity contribution in [2.24, 2.45) is 5.92 Å². The van der Waals surface area contributed by atoms with Crippen LogP contribution in [0.4, 0.5) is 0 Å². The Kier molecular flexibility index (Phi) is 7.70. The first-order chi connectivity index (χ1) is 9.54. The highest BCUT2D eigenvalue weighted by Gasteiger charge is 2.08. The van der Waals surface area contributed by atoms with Gasteiger partial charge in [0.25, 0.3) is 0 Å². The van der Waals surface area contributed by atoms with Crippen molar-refractivity contribution in [1.29, 1.82) is 0 Å². The van der Waals surface area contributed by atoms with Crippen LogP contribution >= 0.6 is 0 Å². The van der Waals surface area contributed by atoms with E-state index in [2.05, 4.69) is 43.0 Å². The van der Waals surface area contributed by atoms with Gasteiger partial charge in [0.15, 0.2) is 0 Å². The van der Waals surface area contributed by atoms with Crippen molar-refractivity contribution in [1.82, 2.24) is 15.3 Å². The minimum absolute atomic E-state index is 0.689. The normalized spacial score (nSPS) is 11.3. The summed E-state index contributed by atoms with van der Waals surface area (Å²) in [4.78, 5) is 9.20. The molecule has 0 aliphatic carbocycles. The monoisotopic (exact) mass is 279 g/mol. The first-order valence-electron chi connectivity index (χ1n) is 7.66. The fraction of sp³-hybridized carbons (Fsp3) is 0.750. The summed E-state index contributed by atoms with van der Waals surface area (Å²) in [6.07, 6.45) is 1.79. The van der Waals surface area contributed by atoms with E-state index in [1.807, 2.05) is 6.92 Å². The first-order valence-corrected chi connectivity index (χ1v) is 7.66. The van der Waals surface area contributed by atoms with E-state index in [4.69, 9.17) is 4.74 Å². The fourth-order valence-corrected chi connectivity index (χ4v) is 2.19. The van der Waals surface area contributed by atoms with E-state index in [1.165, 1.54) is 5.56 Å². The lowest BCUT2D eigenvalue weighted by Gasteiger charge is -2.12. The van der Waals surface area contributed by atoms with Crippen molar-refractivity contribution in [2.45, 2.75) is 47.5 Å². The number of ether oxygens (including phenoxy) is 1. The van der Waals surface area contributed by atoms with Gasteiger partial charge in [-0.25, -0.2) is 9.97 Å². The van der Waals surface area contributed by atoms with E-state index in [-0.39, 0.29) is 0 Å². The molecule has 0 amide bonds. The lowest BCUT2D eigenvalue weighted by molar-refractivity contribution is 0.149. The van der Waals surface area contributed by atoms with Crippen molar-refractivity contribution in [3.8, 4) is 0 Å². The van der Waals surface area contributed by atoms with Crippen LogP contribution < -0.4 is 5.32 Å². The van der Waals surface area contributed by atoms with E-state index < -0.39 is 0 Å². The zero-order valence-electron chi connectivity index (χ0n) is 13.6. The third kappa shape index (κ3) is 5.97. The zero-order chi connectivity index (χ0) is 15.0. The summed E-state index contributed by atoms with van der Waals surface area (Å²) >= 11 is 0. The minimum Gasteiger partial charge on any atom is -0.381 e. The lowest BCUT2D eigenvalue weighted by Crippen LogP contribution is -2.23. The molecule has 4 nitrogen and oxygen atoms in total. The van der Waals surface area contributed by atoms with E-state index in [1.54, 1.807) is 0 Å². The minimum atomic E-state index is 0.689. The molecule has 1 N–H and O–H groups in total. The molecule has 1 heterocycles. The second-order valence-corrected chi connectivity index (χ2v) is 5.58. The number of rotatable bonds is 9. The summed E-state index contributed by atoms with van der Waals surface area (Å²) in [5, 5.41) is 3.47. The van der Waals surface area contributed by atoms with Gasteiger partial charge in [-0.05, 0) is 51.8 Å². The molecule has 1 aromatic rings. The second-order valence-electron chi connectivity index (χ2n) is 5.58. The van der Waals surface area contributed by atoms with Crippen molar-refractivity contribution in [2.75, 3.05) is 26.3 Å². The SMILES string of the molecule is CCOCCc1nc(C)c(CCNCC(C)C)c(C)n1. The summed E-state index contributed by atoms with van der Waals surface area (Å²) in [7, 11) is 0. The molecule has 114 valence electrons. The topological polar surface area (TPSA) is 47.0 Å². The van der Waals surface area contributed by atoms with E-state index in [9.17, 15) is 0 Å². The van der Waals surface area contributed by atoms with Crippen LogP contribution in [0.1, 0.15) is 43.5 Å². The van der Waals surface area contributed by atoms with Crippen LogP contribution in [0.15, 0.2) is 0 Å². The van der Waals surface area contributed by atoms with Crippen molar-refractivity contribution < 1.29 is 4.74 Å². The van der Waals surface area contributed by atoms with Gasteiger partial charge in [-0.15, -0.1) is 0 Å². The van der Waals surface area contributed by atoms with Gasteiger partial charge in [-0.1, -0.05) is 13.8 Å². The number of nitrogens with zero attached hydrogens (tertiary/aromatic N) is 2. The molecule has 0 aliphatic rings. The standard InChI is InChI=1S/C16H29N3O/c1-6-20-10-8-16-18-13(4)15(14(5)19-16)7-9-17-11-12(2)3/h12,17H,6-11H2,1-5H3. The summed E-state index contributed by atoms with van der Waals surface area (Å²) in [5.41, 5.74) is 3.49. The van der Waals surface area contributed by atoms with Crippen LogP contribution in [0, 0.1) is 19.8 Å². The summed E-state index contributed by atoms with van der Waals surface area (Å²) < 4.78 is 5.36. The molecule has 0 saturated carbocycles. The van der Waals surface area contributed by atoms with Gasteiger partial charge < -0.3 is 10.1 Å². The smallest absolute Gasteiger partial charge is 0.131 e. The Bertz CT molecular complexity index is 382. The number of aromatic nitrogens is 2. The van der Waals surface area contributed by atoms with Crippen molar-refractivity contribution >= 4 is 0 Å². The highest BCUT2D eigenvalue weighted by Crippen LogP contribution is 2.11. The lowest BCUT2D eigenvalue weighted by atomic mass is 10.1. The largest absolute Gasteiger partial charge is 0.381 e. The highest BCUT2D eigenvalue weighted by molar-refractivity contribution is 5.24. The fourth-order valence-electron chi connectivity index (χ4n) is 2.19. The average Bonchev–Trinajstić information content (AvgIpc) is 2.37. The predicted octanol–water partition coefficient (Wildman–Crippen LogP) is 2.46. The second kappa shape index (κ2) is 9.03. The van der Waals surface area contributed by atoms with Crippen LogP contribution in [-0.2, 0) is 17.6 Å². The van der Waals surface area contributed by atoms with E-state index in [0.717, 1.165) is 49.8 Å². The van der Waals surface area contributed by atoms with Gasteiger partial charge in [0.05, 0.1) is 6.61 Å². The van der Waals surface area contributed by atoms with Crippen LogP contribution in [0.2, 0.25) is 0 Å². The first kappa shape index (κ1) is 17.1. The molecule has 0 aliphatic heterocycles. The Labute approximate surface area is 123 Å². The Morgan fingerprint density at radius 2 is 1.75 bits per heavy atom. The third-order valence-electron chi connectivity index (χ3n) is 3.25. The van der Waals surface area contributed by atoms with Crippen molar-refractivity contribution in [3.63, 3.8) is 0 Å². The molecule has 20 heavy (non-hydrogen) atoms. The van der Waals surface area contributed by atoms with Gasteiger partial charge >= 0.3 is 0 Å². The summed E-state index contributed by atoms with van der Waals surface area (Å²) in [6, 6.07) is 0. The average molecular weight is 279 g/mol. The van der Waals surface area contributed by atoms with Gasteiger partial charge in [0.2, 0.25) is 0 Å². The highest BCUT2D eigenvalue weighted by atomic mass is 16.5. The molecule has 0 atom stereocenters. The Balaban J connectivity index is 2.55. The molecule has 0 radical (unpaired) electrons. The Morgan fingerprint density at radius 1 is 1.10 bits per heavy atom. The molecule has 1 aromatic heterocycles. The number of hydrogen-bond acceptors (Lipinski definition) is 4. The predicted molar refractivity (Wildman–Crippen MR) is 83.1 cm³/mol. The zero-order valence-corrected chi connectivity index (χ0v) is 13.6. The summed E-state index contributed by atoms with van der Waals surface area (Å²) in [6.45, 7) is 14.1.